The Kier molecular flexibility index (Phi) is 6.29. The van der Waals surface area contributed by atoms with Crippen molar-refractivity contribution in [2.45, 2.75) is 91.1 Å². The molecule has 0 bridgehead atoms. The summed E-state index contributed by atoms with van der Waals surface area (Å²) in [6.45, 7) is 8.48. The summed E-state index contributed by atoms with van der Waals surface area (Å²) in [5, 5.41) is 11.0. The van der Waals surface area contributed by atoms with Crippen LogP contribution in [-0.4, -0.2) is 21.8 Å². The van der Waals surface area contributed by atoms with E-state index in [0.717, 1.165) is 48.9 Å². The van der Waals surface area contributed by atoms with Gasteiger partial charge in [-0.15, -0.1) is 0 Å². The normalized spacial score (nSPS) is 49.9. The molecule has 4 saturated carbocycles. The highest BCUT2D eigenvalue weighted by Gasteiger charge is 2.58. The molecular weight excluding hydrogens is 388 g/mol. The number of hydrogen-bond donors (Lipinski definition) is 1. The van der Waals surface area contributed by atoms with Gasteiger partial charge in [0.1, 0.15) is 5.78 Å². The Hall–Kier alpha value is 0.110. The molecule has 7 unspecified atom stereocenters. The van der Waals surface area contributed by atoms with Crippen LogP contribution in [0.5, 0.6) is 0 Å². The zero-order valence-corrected chi connectivity index (χ0v) is 18.9. The predicted octanol–water partition coefficient (Wildman–Crippen LogP) is 6.00. The SMILES string of the molecule is CC.CC12CCC3C4CC[C@](C)(O)CC4CCC3C1CCC2C(=O)CBr. The largest absolute Gasteiger partial charge is 0.390 e. The lowest BCUT2D eigenvalue weighted by Crippen LogP contribution is -2.51. The third-order valence-electron chi connectivity index (χ3n) is 8.76. The Morgan fingerprint density at radius 1 is 0.962 bits per heavy atom. The molecule has 26 heavy (non-hydrogen) atoms. The monoisotopic (exact) mass is 426 g/mol. The lowest BCUT2D eigenvalue weighted by atomic mass is 9.49. The smallest absolute Gasteiger partial charge is 0.147 e. The quantitative estimate of drug-likeness (QED) is 0.549. The van der Waals surface area contributed by atoms with E-state index in [2.05, 4.69) is 22.9 Å². The number of ketones is 1. The molecular formula is C23H39BrO2. The minimum absolute atomic E-state index is 0.263. The number of alkyl halides is 1. The third kappa shape index (κ3) is 3.45. The second kappa shape index (κ2) is 7.85. The molecule has 0 amide bonds. The Labute approximate surface area is 169 Å². The highest BCUT2D eigenvalue weighted by atomic mass is 79.9. The fourth-order valence-electron chi connectivity index (χ4n) is 7.70. The summed E-state index contributed by atoms with van der Waals surface area (Å²) < 4.78 is 0. The molecule has 4 rings (SSSR count). The van der Waals surface area contributed by atoms with E-state index in [1.54, 1.807) is 0 Å². The lowest BCUT2D eigenvalue weighted by Gasteiger charge is -2.56. The van der Waals surface area contributed by atoms with E-state index >= 15 is 0 Å². The van der Waals surface area contributed by atoms with E-state index in [-0.39, 0.29) is 5.41 Å². The molecule has 0 radical (unpaired) electrons. The number of rotatable bonds is 2. The maximum atomic E-state index is 12.5. The van der Waals surface area contributed by atoms with Crippen molar-refractivity contribution in [3.05, 3.63) is 0 Å². The van der Waals surface area contributed by atoms with Gasteiger partial charge in [-0.1, -0.05) is 36.7 Å². The average Bonchev–Trinajstić information content (AvgIpc) is 2.98. The van der Waals surface area contributed by atoms with Crippen molar-refractivity contribution in [1.29, 1.82) is 0 Å². The second-order valence-electron chi connectivity index (χ2n) is 9.95. The van der Waals surface area contributed by atoms with Crippen molar-refractivity contribution in [1.82, 2.24) is 0 Å². The molecule has 3 heteroatoms. The van der Waals surface area contributed by atoms with E-state index in [1.807, 2.05) is 20.8 Å². The number of halogens is 1. The fraction of sp³-hybridized carbons (Fsp3) is 0.957. The minimum Gasteiger partial charge on any atom is -0.390 e. The van der Waals surface area contributed by atoms with Crippen molar-refractivity contribution in [2.24, 2.45) is 40.9 Å². The van der Waals surface area contributed by atoms with Crippen LogP contribution in [0.3, 0.4) is 0 Å². The first-order chi connectivity index (χ1) is 12.4. The van der Waals surface area contributed by atoms with Gasteiger partial charge in [-0.25, -0.2) is 0 Å². The van der Waals surface area contributed by atoms with Crippen molar-refractivity contribution in [2.75, 3.05) is 5.33 Å². The van der Waals surface area contributed by atoms with Gasteiger partial charge >= 0.3 is 0 Å². The number of fused-ring (bicyclic) bond motifs is 5. The molecule has 0 aromatic heterocycles. The summed E-state index contributed by atoms with van der Waals surface area (Å²) in [6.07, 6.45) is 10.9. The van der Waals surface area contributed by atoms with Crippen LogP contribution >= 0.6 is 15.9 Å². The van der Waals surface area contributed by atoms with Gasteiger partial charge in [0.25, 0.3) is 0 Å². The van der Waals surface area contributed by atoms with Gasteiger partial charge < -0.3 is 5.11 Å². The summed E-state index contributed by atoms with van der Waals surface area (Å²) in [5.41, 5.74) is -0.156. The van der Waals surface area contributed by atoms with E-state index in [0.29, 0.717) is 17.0 Å². The molecule has 4 aliphatic carbocycles. The summed E-state index contributed by atoms with van der Waals surface area (Å²) in [5.74, 6) is 4.83. The standard InChI is InChI=1S/C21H33BrO2.C2H6/c1-20(24)9-7-14-13(11-20)3-4-16-15(14)8-10-21(2)17(16)5-6-18(21)19(23)12-22;1-2/h13-18,24H,3-12H2,1-2H3;1-2H3/t13?,14?,15?,16?,17?,18?,20-,21?;/m0./s1. The molecule has 0 aromatic carbocycles. The van der Waals surface area contributed by atoms with E-state index < -0.39 is 5.60 Å². The van der Waals surface area contributed by atoms with E-state index in [4.69, 9.17) is 0 Å². The van der Waals surface area contributed by atoms with Gasteiger partial charge in [0, 0.05) is 5.92 Å². The Morgan fingerprint density at radius 2 is 1.65 bits per heavy atom. The van der Waals surface area contributed by atoms with Crippen molar-refractivity contribution < 1.29 is 9.90 Å². The van der Waals surface area contributed by atoms with Crippen LogP contribution in [0.1, 0.15) is 85.5 Å². The van der Waals surface area contributed by atoms with Gasteiger partial charge in [-0.3, -0.25) is 4.79 Å². The Balaban J connectivity index is 0.000000948. The van der Waals surface area contributed by atoms with E-state index in [9.17, 15) is 9.90 Å². The maximum absolute atomic E-state index is 12.5. The Bertz CT molecular complexity index is 516. The van der Waals surface area contributed by atoms with E-state index in [1.165, 1.54) is 38.5 Å². The minimum atomic E-state index is -0.419. The first-order valence-electron chi connectivity index (χ1n) is 11.2. The van der Waals surface area contributed by atoms with Crippen LogP contribution in [-0.2, 0) is 4.79 Å². The van der Waals surface area contributed by atoms with Gasteiger partial charge in [-0.05, 0) is 99.7 Å². The fourth-order valence-corrected chi connectivity index (χ4v) is 8.09. The van der Waals surface area contributed by atoms with Crippen molar-refractivity contribution in [3.63, 3.8) is 0 Å². The number of aliphatic hydroxyl groups is 1. The molecule has 4 fully saturated rings. The molecule has 0 spiro atoms. The molecule has 8 atom stereocenters. The van der Waals surface area contributed by atoms with Crippen molar-refractivity contribution in [3.8, 4) is 0 Å². The number of carbonyl (C=O) groups is 1. The van der Waals surface area contributed by atoms with Crippen LogP contribution in [0.4, 0.5) is 0 Å². The molecule has 2 nitrogen and oxygen atoms in total. The van der Waals surface area contributed by atoms with Gasteiger partial charge in [0.05, 0.1) is 10.9 Å². The molecule has 0 aliphatic heterocycles. The van der Waals surface area contributed by atoms with Crippen LogP contribution in [0.15, 0.2) is 0 Å². The first-order valence-corrected chi connectivity index (χ1v) is 12.3. The zero-order valence-electron chi connectivity index (χ0n) is 17.3. The number of carbonyl (C=O) groups excluding carboxylic acids is 1. The topological polar surface area (TPSA) is 37.3 Å². The molecule has 0 aromatic rings. The summed E-state index contributed by atoms with van der Waals surface area (Å²) >= 11 is 3.42. The van der Waals surface area contributed by atoms with Crippen LogP contribution in [0.2, 0.25) is 0 Å². The molecule has 150 valence electrons. The van der Waals surface area contributed by atoms with Crippen LogP contribution < -0.4 is 0 Å². The zero-order chi connectivity index (χ0) is 19.1. The molecule has 4 aliphatic rings. The van der Waals surface area contributed by atoms with Crippen LogP contribution in [0.25, 0.3) is 0 Å². The molecule has 0 heterocycles. The summed E-state index contributed by atoms with van der Waals surface area (Å²) in [6, 6.07) is 0. The van der Waals surface area contributed by atoms with Gasteiger partial charge in [-0.2, -0.15) is 0 Å². The van der Waals surface area contributed by atoms with Gasteiger partial charge in [0.15, 0.2) is 0 Å². The lowest BCUT2D eigenvalue weighted by molar-refractivity contribution is -0.129. The number of hydrogen-bond acceptors (Lipinski definition) is 2. The Morgan fingerprint density at radius 3 is 2.35 bits per heavy atom. The molecule has 0 saturated heterocycles. The second-order valence-corrected chi connectivity index (χ2v) is 10.5. The summed E-state index contributed by atoms with van der Waals surface area (Å²) in [7, 11) is 0. The van der Waals surface area contributed by atoms with Crippen LogP contribution in [0, 0.1) is 40.9 Å². The highest BCUT2D eigenvalue weighted by molar-refractivity contribution is 9.09. The third-order valence-corrected chi connectivity index (χ3v) is 9.31. The number of Topliss-reactive ketones (excluding diaryl/α,β-unsaturated/α-hetero) is 1. The summed E-state index contributed by atoms with van der Waals surface area (Å²) in [4.78, 5) is 12.5. The highest BCUT2D eigenvalue weighted by Crippen LogP contribution is 2.64. The van der Waals surface area contributed by atoms with Gasteiger partial charge in [0.2, 0.25) is 0 Å². The maximum Gasteiger partial charge on any atom is 0.147 e. The first kappa shape index (κ1) is 20.8. The average molecular weight is 427 g/mol. The van der Waals surface area contributed by atoms with Crippen molar-refractivity contribution >= 4 is 21.7 Å². The predicted molar refractivity (Wildman–Crippen MR) is 111 cm³/mol. The molecule has 1 N–H and O–H groups in total.